The molecule has 0 radical (unpaired) electrons. The van der Waals surface area contributed by atoms with Crippen LogP contribution >= 0.6 is 11.3 Å². The Morgan fingerprint density at radius 3 is 1.68 bits per heavy atom. The second kappa shape index (κ2) is 16.2. The van der Waals surface area contributed by atoms with Crippen LogP contribution in [0.1, 0.15) is 23.6 Å². The first-order valence-corrected chi connectivity index (χ1v) is 24.3. The van der Waals surface area contributed by atoms with Crippen LogP contribution in [-0.2, 0) is 5.41 Å². The molecule has 0 amide bonds. The summed E-state index contributed by atoms with van der Waals surface area (Å²) in [5.74, 6) is 0. The third-order valence-electron chi connectivity index (χ3n) is 14.4. The lowest BCUT2D eigenvalue weighted by molar-refractivity contribution is 0.714. The predicted molar refractivity (Wildman–Crippen MR) is 291 cm³/mol. The number of benzene rings is 11. The first-order valence-electron chi connectivity index (χ1n) is 23.5. The van der Waals surface area contributed by atoms with Crippen LogP contribution in [0.25, 0.3) is 86.6 Å². The number of fused-ring (bicyclic) bond motifs is 7. The molecule has 0 saturated heterocycles. The molecule has 13 rings (SSSR count). The van der Waals surface area contributed by atoms with Crippen molar-refractivity contribution in [1.29, 1.82) is 0 Å². The van der Waals surface area contributed by atoms with Gasteiger partial charge < -0.3 is 4.90 Å². The van der Waals surface area contributed by atoms with Crippen molar-refractivity contribution in [3.63, 3.8) is 0 Å². The molecule has 11 aromatic carbocycles. The molecule has 320 valence electrons. The Morgan fingerprint density at radius 1 is 0.324 bits per heavy atom. The molecule has 0 N–H and O–H groups in total. The highest BCUT2D eigenvalue weighted by atomic mass is 32.1. The van der Waals surface area contributed by atoms with E-state index in [0.717, 1.165) is 17.1 Å². The van der Waals surface area contributed by atoms with Gasteiger partial charge in [-0.05, 0) is 145 Å². The van der Waals surface area contributed by atoms with Crippen LogP contribution in [-0.4, -0.2) is 0 Å². The lowest BCUT2D eigenvalue weighted by atomic mass is 9.74. The Kier molecular flexibility index (Phi) is 9.56. The molecule has 1 unspecified atom stereocenters. The summed E-state index contributed by atoms with van der Waals surface area (Å²) in [7, 11) is 0. The molecule has 0 aliphatic heterocycles. The summed E-state index contributed by atoms with van der Waals surface area (Å²) in [6.45, 7) is 2.39. The molecule has 2 heteroatoms. The predicted octanol–water partition coefficient (Wildman–Crippen LogP) is 18.7. The Balaban J connectivity index is 0.887. The smallest absolute Gasteiger partial charge is 0.0467 e. The molecule has 12 aromatic rings. The van der Waals surface area contributed by atoms with Gasteiger partial charge in [-0.15, -0.1) is 11.3 Å². The first kappa shape index (κ1) is 40.0. The van der Waals surface area contributed by atoms with Crippen molar-refractivity contribution in [3.8, 4) is 55.6 Å². The van der Waals surface area contributed by atoms with Gasteiger partial charge in [0.25, 0.3) is 0 Å². The molecule has 0 fully saturated rings. The van der Waals surface area contributed by atoms with Crippen molar-refractivity contribution >= 4 is 59.3 Å². The Hall–Kier alpha value is -8.30. The summed E-state index contributed by atoms with van der Waals surface area (Å²) in [4.78, 5) is 2.40. The summed E-state index contributed by atoms with van der Waals surface area (Å²) in [5, 5.41) is 5.13. The van der Waals surface area contributed by atoms with E-state index < -0.39 is 0 Å². The number of rotatable bonds is 8. The van der Waals surface area contributed by atoms with Crippen LogP contribution in [0.2, 0.25) is 0 Å². The average Bonchev–Trinajstić information content (AvgIpc) is 3.92. The van der Waals surface area contributed by atoms with Crippen LogP contribution in [0.3, 0.4) is 0 Å². The number of hydrogen-bond acceptors (Lipinski definition) is 2. The van der Waals surface area contributed by atoms with Gasteiger partial charge in [0.15, 0.2) is 0 Å². The number of anilines is 3. The van der Waals surface area contributed by atoms with Gasteiger partial charge in [-0.25, -0.2) is 0 Å². The first-order chi connectivity index (χ1) is 33.6. The van der Waals surface area contributed by atoms with Gasteiger partial charge in [0.2, 0.25) is 0 Å². The Bertz CT molecular complexity index is 3860. The lowest BCUT2D eigenvalue weighted by Gasteiger charge is -2.28. The maximum atomic E-state index is 2.43. The van der Waals surface area contributed by atoms with E-state index in [4.69, 9.17) is 0 Å². The quantitative estimate of drug-likeness (QED) is 0.147. The highest BCUT2D eigenvalue weighted by Gasteiger charge is 2.40. The fraction of sp³-hybridized carbons (Fsp3) is 0.0303. The minimum Gasteiger partial charge on any atom is -0.310 e. The van der Waals surface area contributed by atoms with Gasteiger partial charge in [0.1, 0.15) is 0 Å². The maximum absolute atomic E-state index is 2.43. The summed E-state index contributed by atoms with van der Waals surface area (Å²) < 4.78 is 2.66. The fourth-order valence-electron chi connectivity index (χ4n) is 10.9. The SMILES string of the molecule is CC1(c2ccccc2)c2ccccc2-c2ccc(-c3ccc(N(c4ccc(-c5cccc(-c6cccc7c6sc6ccccc67)c5)cc4)c4cccc(-c5cccc6ccccc56)c4)cc3)cc21. The minimum atomic E-state index is -0.254. The van der Waals surface area contributed by atoms with Crippen molar-refractivity contribution in [2.45, 2.75) is 12.3 Å². The van der Waals surface area contributed by atoms with Gasteiger partial charge >= 0.3 is 0 Å². The molecule has 0 bridgehead atoms. The Morgan fingerprint density at radius 2 is 0.868 bits per heavy atom. The monoisotopic (exact) mass is 883 g/mol. The van der Waals surface area contributed by atoms with Crippen molar-refractivity contribution in [3.05, 3.63) is 271 Å². The molecule has 68 heavy (non-hydrogen) atoms. The highest BCUT2D eigenvalue weighted by molar-refractivity contribution is 7.26. The van der Waals surface area contributed by atoms with Crippen molar-refractivity contribution < 1.29 is 0 Å². The van der Waals surface area contributed by atoms with E-state index in [1.54, 1.807) is 0 Å². The molecule has 1 aromatic heterocycles. The van der Waals surface area contributed by atoms with Crippen molar-refractivity contribution in [2.24, 2.45) is 0 Å². The largest absolute Gasteiger partial charge is 0.310 e. The van der Waals surface area contributed by atoms with E-state index in [1.807, 2.05) is 11.3 Å². The van der Waals surface area contributed by atoms with E-state index in [9.17, 15) is 0 Å². The summed E-state index contributed by atoms with van der Waals surface area (Å²) in [5.41, 5.74) is 19.4. The summed E-state index contributed by atoms with van der Waals surface area (Å²) in [6, 6.07) is 93.9. The molecular formula is C66H45NS. The minimum absolute atomic E-state index is 0.254. The zero-order valence-corrected chi connectivity index (χ0v) is 38.4. The van der Waals surface area contributed by atoms with Crippen molar-refractivity contribution in [1.82, 2.24) is 0 Å². The molecule has 1 nitrogen and oxygen atoms in total. The zero-order chi connectivity index (χ0) is 45.2. The molecule has 1 atom stereocenters. The van der Waals surface area contributed by atoms with E-state index in [1.165, 1.54) is 103 Å². The van der Waals surface area contributed by atoms with Crippen LogP contribution < -0.4 is 4.90 Å². The number of hydrogen-bond donors (Lipinski definition) is 0. The molecule has 1 heterocycles. The second-order valence-electron chi connectivity index (χ2n) is 18.2. The maximum Gasteiger partial charge on any atom is 0.0467 e. The highest BCUT2D eigenvalue weighted by Crippen LogP contribution is 2.53. The number of thiophene rings is 1. The Labute approximate surface area is 401 Å². The van der Waals surface area contributed by atoms with Crippen LogP contribution in [0.4, 0.5) is 17.1 Å². The fourth-order valence-corrected chi connectivity index (χ4v) is 12.2. The van der Waals surface area contributed by atoms with Crippen LogP contribution in [0.5, 0.6) is 0 Å². The van der Waals surface area contributed by atoms with Crippen molar-refractivity contribution in [2.75, 3.05) is 4.90 Å². The van der Waals surface area contributed by atoms with Gasteiger partial charge in [-0.2, -0.15) is 0 Å². The van der Waals surface area contributed by atoms with Gasteiger partial charge in [0, 0.05) is 42.6 Å². The standard InChI is InChI=1S/C66H45NS/c1-66(51-20-3-2-4-21-51)62-29-9-7-24-58(62)59-40-35-48(43-63(59)66)45-33-38-53(39-34-45)67(54-22-12-19-50(42-54)56-26-13-16-46-15-5-6-23-55(46)56)52-36-31-44(32-37-52)47-17-11-18-49(41-47)57-27-14-28-61-60-25-8-10-30-64(60)68-65(57)61/h2-43H,1H3. The van der Waals surface area contributed by atoms with E-state index in [0.29, 0.717) is 0 Å². The third-order valence-corrected chi connectivity index (χ3v) is 15.6. The van der Waals surface area contributed by atoms with Crippen LogP contribution in [0.15, 0.2) is 255 Å². The van der Waals surface area contributed by atoms with Crippen LogP contribution in [0, 0.1) is 0 Å². The normalized spacial score (nSPS) is 14.0. The van der Waals surface area contributed by atoms with E-state index in [-0.39, 0.29) is 5.41 Å². The molecule has 1 aliphatic carbocycles. The summed E-state index contributed by atoms with van der Waals surface area (Å²) >= 11 is 1.88. The topological polar surface area (TPSA) is 3.24 Å². The zero-order valence-electron chi connectivity index (χ0n) is 37.6. The van der Waals surface area contributed by atoms with E-state index in [2.05, 4.69) is 267 Å². The molecular weight excluding hydrogens is 839 g/mol. The summed E-state index contributed by atoms with van der Waals surface area (Å²) in [6.07, 6.45) is 0. The number of nitrogens with zero attached hydrogens (tertiary/aromatic N) is 1. The molecule has 0 saturated carbocycles. The van der Waals surface area contributed by atoms with Gasteiger partial charge in [-0.3, -0.25) is 0 Å². The van der Waals surface area contributed by atoms with Gasteiger partial charge in [0.05, 0.1) is 0 Å². The molecule has 0 spiro atoms. The lowest BCUT2D eigenvalue weighted by Crippen LogP contribution is -2.22. The molecule has 1 aliphatic rings. The third kappa shape index (κ3) is 6.60. The second-order valence-corrected chi connectivity index (χ2v) is 19.2. The van der Waals surface area contributed by atoms with E-state index >= 15 is 0 Å². The average molecular weight is 884 g/mol. The van der Waals surface area contributed by atoms with Gasteiger partial charge in [-0.1, -0.05) is 200 Å².